The fourth-order valence-corrected chi connectivity index (χ4v) is 2.87. The van der Waals surface area contributed by atoms with Crippen LogP contribution in [0.5, 0.6) is 0 Å². The average molecular weight is 342 g/mol. The van der Waals surface area contributed by atoms with Crippen LogP contribution in [0.4, 0.5) is 5.82 Å². The SMILES string of the molecule is Nc1ncccc1-c1cc(Cc2ccc(Cc3cccnc3)cc2)no1. The van der Waals surface area contributed by atoms with Gasteiger partial charge in [0, 0.05) is 31.1 Å². The number of nitrogens with zero attached hydrogens (tertiary/aromatic N) is 3. The van der Waals surface area contributed by atoms with Crippen LogP contribution in [0.1, 0.15) is 22.4 Å². The van der Waals surface area contributed by atoms with Crippen molar-refractivity contribution in [2.24, 2.45) is 0 Å². The van der Waals surface area contributed by atoms with Gasteiger partial charge in [0.25, 0.3) is 0 Å². The van der Waals surface area contributed by atoms with Gasteiger partial charge in [-0.15, -0.1) is 0 Å². The second-order valence-corrected chi connectivity index (χ2v) is 6.15. The minimum atomic E-state index is 0.440. The van der Waals surface area contributed by atoms with Crippen molar-refractivity contribution in [1.29, 1.82) is 0 Å². The van der Waals surface area contributed by atoms with E-state index in [0.717, 1.165) is 17.7 Å². The first-order valence-electron chi connectivity index (χ1n) is 8.41. The number of nitrogens with two attached hydrogens (primary N) is 1. The fourth-order valence-electron chi connectivity index (χ4n) is 2.87. The Labute approximate surface area is 151 Å². The quantitative estimate of drug-likeness (QED) is 0.595. The second-order valence-electron chi connectivity index (χ2n) is 6.15. The van der Waals surface area contributed by atoms with Gasteiger partial charge >= 0.3 is 0 Å². The predicted molar refractivity (Wildman–Crippen MR) is 100 cm³/mol. The minimum absolute atomic E-state index is 0.440. The van der Waals surface area contributed by atoms with Gasteiger partial charge in [0.15, 0.2) is 5.76 Å². The number of rotatable bonds is 5. The molecule has 4 aromatic rings. The van der Waals surface area contributed by atoms with E-state index in [9.17, 15) is 0 Å². The third-order valence-electron chi connectivity index (χ3n) is 4.20. The van der Waals surface area contributed by atoms with E-state index >= 15 is 0 Å². The van der Waals surface area contributed by atoms with Crippen LogP contribution in [0.25, 0.3) is 11.3 Å². The van der Waals surface area contributed by atoms with Crippen LogP contribution in [-0.4, -0.2) is 15.1 Å². The lowest BCUT2D eigenvalue weighted by atomic mass is 10.0. The van der Waals surface area contributed by atoms with Gasteiger partial charge in [-0.1, -0.05) is 35.5 Å². The van der Waals surface area contributed by atoms with Gasteiger partial charge in [-0.2, -0.15) is 0 Å². The Morgan fingerprint density at radius 1 is 0.846 bits per heavy atom. The molecule has 0 saturated carbocycles. The topological polar surface area (TPSA) is 77.8 Å². The lowest BCUT2D eigenvalue weighted by Crippen LogP contribution is -1.92. The molecule has 0 spiro atoms. The smallest absolute Gasteiger partial charge is 0.170 e. The molecule has 5 heteroatoms. The standard InChI is InChI=1S/C21H18N4O/c22-21-19(4-2-10-24-21)20-13-18(25-26-20)12-16-7-5-15(6-8-16)11-17-3-1-9-23-14-17/h1-10,13-14H,11-12H2,(H2,22,24). The zero-order valence-electron chi connectivity index (χ0n) is 14.2. The lowest BCUT2D eigenvalue weighted by molar-refractivity contribution is 0.425. The van der Waals surface area contributed by atoms with Crippen molar-refractivity contribution >= 4 is 5.82 Å². The molecule has 3 heterocycles. The van der Waals surface area contributed by atoms with Gasteiger partial charge < -0.3 is 10.3 Å². The summed E-state index contributed by atoms with van der Waals surface area (Å²) in [5.74, 6) is 1.08. The summed E-state index contributed by atoms with van der Waals surface area (Å²) >= 11 is 0. The monoisotopic (exact) mass is 342 g/mol. The van der Waals surface area contributed by atoms with Crippen LogP contribution in [0.3, 0.4) is 0 Å². The van der Waals surface area contributed by atoms with Crippen molar-refractivity contribution in [1.82, 2.24) is 15.1 Å². The van der Waals surface area contributed by atoms with Crippen molar-refractivity contribution in [2.75, 3.05) is 5.73 Å². The number of anilines is 1. The van der Waals surface area contributed by atoms with Gasteiger partial charge in [-0.05, 0) is 41.3 Å². The maximum atomic E-state index is 5.89. The maximum Gasteiger partial charge on any atom is 0.170 e. The molecule has 0 unspecified atom stereocenters. The highest BCUT2D eigenvalue weighted by Gasteiger charge is 2.10. The van der Waals surface area contributed by atoms with Crippen molar-refractivity contribution in [3.8, 4) is 11.3 Å². The van der Waals surface area contributed by atoms with E-state index in [1.54, 1.807) is 12.4 Å². The number of hydrogen-bond acceptors (Lipinski definition) is 5. The Balaban J connectivity index is 1.46. The van der Waals surface area contributed by atoms with Crippen LogP contribution in [0.15, 0.2) is 77.7 Å². The highest BCUT2D eigenvalue weighted by Crippen LogP contribution is 2.25. The zero-order valence-corrected chi connectivity index (χ0v) is 14.2. The van der Waals surface area contributed by atoms with E-state index in [-0.39, 0.29) is 0 Å². The highest BCUT2D eigenvalue weighted by atomic mass is 16.5. The Morgan fingerprint density at radius 2 is 1.62 bits per heavy atom. The molecule has 0 bridgehead atoms. The molecule has 0 fully saturated rings. The highest BCUT2D eigenvalue weighted by molar-refractivity contribution is 5.69. The molecule has 5 nitrogen and oxygen atoms in total. The molecular weight excluding hydrogens is 324 g/mol. The first-order valence-corrected chi connectivity index (χ1v) is 8.41. The van der Waals surface area contributed by atoms with Gasteiger partial charge in [0.05, 0.1) is 11.3 Å². The molecule has 0 radical (unpaired) electrons. The minimum Gasteiger partial charge on any atom is -0.383 e. The van der Waals surface area contributed by atoms with E-state index < -0.39 is 0 Å². The number of benzene rings is 1. The van der Waals surface area contributed by atoms with Crippen molar-refractivity contribution in [3.63, 3.8) is 0 Å². The third-order valence-corrected chi connectivity index (χ3v) is 4.20. The first-order chi connectivity index (χ1) is 12.8. The predicted octanol–water partition coefficient (Wildman–Crippen LogP) is 3.90. The van der Waals surface area contributed by atoms with Crippen LogP contribution in [0.2, 0.25) is 0 Å². The molecule has 0 aliphatic rings. The van der Waals surface area contributed by atoms with Crippen molar-refractivity contribution in [3.05, 3.63) is 95.6 Å². The van der Waals surface area contributed by atoms with Crippen LogP contribution in [0, 0.1) is 0 Å². The largest absolute Gasteiger partial charge is 0.383 e. The van der Waals surface area contributed by atoms with E-state index in [4.69, 9.17) is 10.3 Å². The first kappa shape index (κ1) is 16.0. The second kappa shape index (κ2) is 7.19. The van der Waals surface area contributed by atoms with Gasteiger partial charge in [0.1, 0.15) is 5.82 Å². The van der Waals surface area contributed by atoms with Crippen LogP contribution < -0.4 is 5.73 Å². The molecule has 2 N–H and O–H groups in total. The van der Waals surface area contributed by atoms with E-state index in [1.807, 2.05) is 30.5 Å². The normalized spacial score (nSPS) is 10.8. The summed E-state index contributed by atoms with van der Waals surface area (Å²) in [7, 11) is 0. The Hall–Kier alpha value is -3.47. The Morgan fingerprint density at radius 3 is 2.35 bits per heavy atom. The maximum absolute atomic E-state index is 5.89. The molecule has 1 aromatic carbocycles. The number of nitrogen functional groups attached to an aromatic ring is 1. The fraction of sp³-hybridized carbons (Fsp3) is 0.0952. The van der Waals surface area contributed by atoms with Crippen LogP contribution in [-0.2, 0) is 12.8 Å². The number of aromatic nitrogens is 3. The molecule has 0 amide bonds. The molecule has 128 valence electrons. The molecule has 0 aliphatic heterocycles. The molecule has 3 aromatic heterocycles. The lowest BCUT2D eigenvalue weighted by Gasteiger charge is -2.03. The molecule has 0 atom stereocenters. The summed E-state index contributed by atoms with van der Waals surface area (Å²) < 4.78 is 5.43. The van der Waals surface area contributed by atoms with E-state index in [1.165, 1.54) is 16.7 Å². The van der Waals surface area contributed by atoms with Crippen LogP contribution >= 0.6 is 0 Å². The number of pyridine rings is 2. The summed E-state index contributed by atoms with van der Waals surface area (Å²) in [6, 6.07) is 18.2. The Kier molecular flexibility index (Phi) is 4.43. The van der Waals surface area contributed by atoms with Gasteiger partial charge in [-0.25, -0.2) is 4.98 Å². The summed E-state index contributed by atoms with van der Waals surface area (Å²) in [5.41, 5.74) is 11.2. The molecule has 0 saturated heterocycles. The summed E-state index contributed by atoms with van der Waals surface area (Å²) in [6.45, 7) is 0. The summed E-state index contributed by atoms with van der Waals surface area (Å²) in [5, 5.41) is 4.15. The molecule has 0 aliphatic carbocycles. The summed E-state index contributed by atoms with van der Waals surface area (Å²) in [6.07, 6.45) is 6.93. The average Bonchev–Trinajstić information content (AvgIpc) is 3.13. The Bertz CT molecular complexity index is 994. The van der Waals surface area contributed by atoms with E-state index in [0.29, 0.717) is 18.0 Å². The number of hydrogen-bond donors (Lipinski definition) is 1. The van der Waals surface area contributed by atoms with Crippen molar-refractivity contribution < 1.29 is 4.52 Å². The third kappa shape index (κ3) is 3.62. The van der Waals surface area contributed by atoms with Gasteiger partial charge in [0.2, 0.25) is 0 Å². The zero-order chi connectivity index (χ0) is 17.8. The molecule has 26 heavy (non-hydrogen) atoms. The van der Waals surface area contributed by atoms with E-state index in [2.05, 4.69) is 45.5 Å². The van der Waals surface area contributed by atoms with Gasteiger partial charge in [-0.3, -0.25) is 4.98 Å². The van der Waals surface area contributed by atoms with Crippen molar-refractivity contribution in [2.45, 2.75) is 12.8 Å². The summed E-state index contributed by atoms with van der Waals surface area (Å²) in [4.78, 5) is 8.23. The molecule has 4 rings (SSSR count). The molecular formula is C21H18N4O.